The molecular weight excluding hydrogens is 526 g/mol. The summed E-state index contributed by atoms with van der Waals surface area (Å²) in [4.78, 5) is 26.2. The van der Waals surface area contributed by atoms with Gasteiger partial charge in [0.15, 0.2) is 0 Å². The summed E-state index contributed by atoms with van der Waals surface area (Å²) >= 11 is 0. The van der Waals surface area contributed by atoms with Crippen molar-refractivity contribution >= 4 is 38.4 Å². The Labute approximate surface area is 237 Å². The molecule has 10 heteroatoms. The fraction of sp³-hybridized carbons (Fsp3) is 0.467. The first-order chi connectivity index (χ1) is 18.9. The average Bonchev–Trinajstić information content (AvgIpc) is 3.63. The predicted molar refractivity (Wildman–Crippen MR) is 160 cm³/mol. The standard InChI is InChI=1S/C30H41N5O4S/c1-20(2)19-35-14-13-26-27(34(4)40(5,38)39)16-23(17-28(26)35)30(37)33-25(15-22-9-7-6-8-10-22)18-31-21(3)29(36)32-24-11-12-24/h6-10,13-14,16-17,20-21,24-25,31H,11-12,15,18-19H2,1-5H3,(H,32,36)(H,33,37)/t21-,25-/m0/s1. The van der Waals surface area contributed by atoms with Crippen molar-refractivity contribution in [2.24, 2.45) is 5.92 Å². The second-order valence-electron chi connectivity index (χ2n) is 11.3. The first-order valence-electron chi connectivity index (χ1n) is 13.9. The van der Waals surface area contributed by atoms with E-state index in [1.165, 1.54) is 11.4 Å². The molecule has 1 aliphatic carbocycles. The zero-order valence-corrected chi connectivity index (χ0v) is 24.8. The molecule has 0 radical (unpaired) electrons. The Morgan fingerprint density at radius 3 is 2.40 bits per heavy atom. The molecule has 40 heavy (non-hydrogen) atoms. The number of nitrogens with one attached hydrogen (secondary N) is 3. The van der Waals surface area contributed by atoms with Crippen molar-refractivity contribution in [3.05, 3.63) is 65.9 Å². The van der Waals surface area contributed by atoms with E-state index in [1.807, 2.05) is 55.6 Å². The molecule has 0 saturated heterocycles. The number of fused-ring (bicyclic) bond motifs is 1. The van der Waals surface area contributed by atoms with Crippen LogP contribution in [-0.2, 0) is 27.8 Å². The zero-order valence-electron chi connectivity index (χ0n) is 24.0. The van der Waals surface area contributed by atoms with E-state index in [2.05, 4.69) is 34.4 Å². The van der Waals surface area contributed by atoms with Crippen molar-refractivity contribution in [1.82, 2.24) is 20.5 Å². The number of sulfonamides is 1. The van der Waals surface area contributed by atoms with Crippen molar-refractivity contribution in [2.75, 3.05) is 24.2 Å². The Hall–Kier alpha value is -3.37. The van der Waals surface area contributed by atoms with Crippen molar-refractivity contribution in [2.45, 2.75) is 64.7 Å². The Kier molecular flexibility index (Phi) is 9.20. The molecule has 4 rings (SSSR count). The molecule has 0 unspecified atom stereocenters. The minimum Gasteiger partial charge on any atom is -0.352 e. The topological polar surface area (TPSA) is 113 Å². The Morgan fingerprint density at radius 1 is 1.07 bits per heavy atom. The van der Waals surface area contributed by atoms with Crippen LogP contribution in [0.3, 0.4) is 0 Å². The van der Waals surface area contributed by atoms with Crippen LogP contribution in [0.5, 0.6) is 0 Å². The SMILES string of the molecule is CC(C)Cn1ccc2c(N(C)S(C)(=O)=O)cc(C(=O)N[C@H](CN[C@@H](C)C(=O)NC3CC3)Cc3ccccc3)cc21. The van der Waals surface area contributed by atoms with Gasteiger partial charge in [-0.3, -0.25) is 13.9 Å². The average molecular weight is 568 g/mol. The summed E-state index contributed by atoms with van der Waals surface area (Å²) in [6.07, 6.45) is 5.69. The van der Waals surface area contributed by atoms with Crippen LogP contribution >= 0.6 is 0 Å². The van der Waals surface area contributed by atoms with Gasteiger partial charge in [-0.05, 0) is 55.9 Å². The van der Waals surface area contributed by atoms with Gasteiger partial charge in [0.05, 0.1) is 23.5 Å². The van der Waals surface area contributed by atoms with Crippen molar-refractivity contribution in [3.63, 3.8) is 0 Å². The van der Waals surface area contributed by atoms with Crippen LogP contribution in [0.25, 0.3) is 10.9 Å². The highest BCUT2D eigenvalue weighted by Crippen LogP contribution is 2.31. The fourth-order valence-corrected chi connectivity index (χ4v) is 5.21. The lowest BCUT2D eigenvalue weighted by Gasteiger charge is -2.23. The summed E-state index contributed by atoms with van der Waals surface area (Å²) in [5.74, 6) is 0.0156. The lowest BCUT2D eigenvalue weighted by molar-refractivity contribution is -0.122. The molecule has 1 aliphatic rings. The third-order valence-corrected chi connectivity index (χ3v) is 8.37. The normalized spacial score (nSPS) is 15.2. The molecule has 2 amide bonds. The molecule has 3 aromatic rings. The van der Waals surface area contributed by atoms with E-state index in [-0.39, 0.29) is 23.9 Å². The van der Waals surface area contributed by atoms with Crippen molar-refractivity contribution in [3.8, 4) is 0 Å². The maximum absolute atomic E-state index is 13.7. The van der Waals surface area contributed by atoms with Crippen LogP contribution in [0, 0.1) is 5.92 Å². The van der Waals surface area contributed by atoms with Gasteiger partial charge in [-0.15, -0.1) is 0 Å². The number of nitrogens with zero attached hydrogens (tertiary/aromatic N) is 2. The number of amides is 2. The highest BCUT2D eigenvalue weighted by molar-refractivity contribution is 7.92. The van der Waals surface area contributed by atoms with Crippen LogP contribution in [-0.4, -0.2) is 62.8 Å². The molecule has 1 saturated carbocycles. The lowest BCUT2D eigenvalue weighted by Crippen LogP contribution is -2.49. The number of carbonyl (C=O) groups excluding carboxylic acids is 2. The zero-order chi connectivity index (χ0) is 29.0. The molecule has 3 N–H and O–H groups in total. The van der Waals surface area contributed by atoms with Crippen LogP contribution in [0.4, 0.5) is 5.69 Å². The van der Waals surface area contributed by atoms with Gasteiger partial charge in [-0.2, -0.15) is 0 Å². The molecule has 9 nitrogen and oxygen atoms in total. The molecule has 2 atom stereocenters. The van der Waals surface area contributed by atoms with E-state index in [4.69, 9.17) is 0 Å². The first-order valence-corrected chi connectivity index (χ1v) is 15.7. The number of hydrogen-bond donors (Lipinski definition) is 3. The quantitative estimate of drug-likeness (QED) is 0.294. The van der Waals surface area contributed by atoms with Gasteiger partial charge in [-0.1, -0.05) is 44.2 Å². The third-order valence-electron chi connectivity index (χ3n) is 7.18. The van der Waals surface area contributed by atoms with Crippen LogP contribution in [0.1, 0.15) is 49.5 Å². The van der Waals surface area contributed by atoms with Gasteiger partial charge in [0.1, 0.15) is 0 Å². The number of aromatic nitrogens is 1. The number of anilines is 1. The Morgan fingerprint density at radius 2 is 1.77 bits per heavy atom. The molecule has 0 spiro atoms. The maximum Gasteiger partial charge on any atom is 0.251 e. The molecule has 0 bridgehead atoms. The van der Waals surface area contributed by atoms with E-state index in [0.29, 0.717) is 30.1 Å². The highest BCUT2D eigenvalue weighted by atomic mass is 32.2. The summed E-state index contributed by atoms with van der Waals surface area (Å²) in [6.45, 7) is 7.17. The van der Waals surface area contributed by atoms with E-state index in [1.54, 1.807) is 6.07 Å². The van der Waals surface area contributed by atoms with E-state index in [0.717, 1.165) is 42.1 Å². The lowest BCUT2D eigenvalue weighted by atomic mass is 10.0. The van der Waals surface area contributed by atoms with Crippen molar-refractivity contribution < 1.29 is 18.0 Å². The Bertz CT molecular complexity index is 1450. The number of rotatable bonds is 13. The summed E-state index contributed by atoms with van der Waals surface area (Å²) in [6, 6.07) is 14.8. The summed E-state index contributed by atoms with van der Waals surface area (Å²) < 4.78 is 28.2. The predicted octanol–water partition coefficient (Wildman–Crippen LogP) is 3.29. The largest absolute Gasteiger partial charge is 0.352 e. The van der Waals surface area contributed by atoms with E-state index >= 15 is 0 Å². The molecule has 1 fully saturated rings. The Balaban J connectivity index is 1.61. The maximum atomic E-state index is 13.7. The fourth-order valence-electron chi connectivity index (χ4n) is 4.71. The van der Waals surface area contributed by atoms with Crippen LogP contribution < -0.4 is 20.3 Å². The summed E-state index contributed by atoms with van der Waals surface area (Å²) in [7, 11) is -2.05. The number of benzene rings is 2. The highest BCUT2D eigenvalue weighted by Gasteiger charge is 2.26. The van der Waals surface area contributed by atoms with Gasteiger partial charge in [0.25, 0.3) is 5.91 Å². The molecule has 2 aromatic carbocycles. The van der Waals surface area contributed by atoms with Gasteiger partial charge in [0.2, 0.25) is 15.9 Å². The molecular formula is C30H41N5O4S. The van der Waals surface area contributed by atoms with Crippen LogP contribution in [0.2, 0.25) is 0 Å². The molecule has 1 heterocycles. The summed E-state index contributed by atoms with van der Waals surface area (Å²) in [5, 5.41) is 10.2. The van der Waals surface area contributed by atoms with Gasteiger partial charge in [-0.25, -0.2) is 8.42 Å². The van der Waals surface area contributed by atoms with Gasteiger partial charge < -0.3 is 20.5 Å². The third kappa shape index (κ3) is 7.63. The second-order valence-corrected chi connectivity index (χ2v) is 13.3. The van der Waals surface area contributed by atoms with Crippen molar-refractivity contribution in [1.29, 1.82) is 0 Å². The monoisotopic (exact) mass is 567 g/mol. The van der Waals surface area contributed by atoms with E-state index < -0.39 is 16.1 Å². The molecule has 216 valence electrons. The summed E-state index contributed by atoms with van der Waals surface area (Å²) in [5.41, 5.74) is 2.69. The van der Waals surface area contributed by atoms with E-state index in [9.17, 15) is 18.0 Å². The van der Waals surface area contributed by atoms with Gasteiger partial charge >= 0.3 is 0 Å². The second kappa shape index (κ2) is 12.4. The van der Waals surface area contributed by atoms with Gasteiger partial charge in [0, 0.05) is 49.4 Å². The first kappa shape index (κ1) is 29.6. The number of hydrogen-bond acceptors (Lipinski definition) is 5. The minimum absolute atomic E-state index is 0.0443. The van der Waals surface area contributed by atoms with Crippen LogP contribution in [0.15, 0.2) is 54.7 Å². The molecule has 0 aliphatic heterocycles. The molecule has 1 aromatic heterocycles. The number of carbonyl (C=O) groups is 2. The minimum atomic E-state index is -3.55. The smallest absolute Gasteiger partial charge is 0.251 e.